The Morgan fingerprint density at radius 3 is 2.74 bits per heavy atom. The summed E-state index contributed by atoms with van der Waals surface area (Å²) >= 11 is 5.83. The maximum absolute atomic E-state index is 11.9. The second-order valence-corrected chi connectivity index (χ2v) is 6.15. The number of rotatable bonds is 5. The molecule has 6 nitrogen and oxygen atoms in total. The molecule has 0 aliphatic heterocycles. The zero-order chi connectivity index (χ0) is 14.6. The molecule has 1 N–H and O–H groups in total. The van der Waals surface area contributed by atoms with Crippen molar-refractivity contribution in [2.75, 3.05) is 12.8 Å². The van der Waals surface area contributed by atoms with E-state index in [4.69, 9.17) is 11.6 Å². The van der Waals surface area contributed by atoms with Gasteiger partial charge >= 0.3 is 0 Å². The Balaban J connectivity index is 2.84. The zero-order valence-electron chi connectivity index (χ0n) is 10.4. The molecule has 1 aromatic rings. The number of nitro groups is 1. The van der Waals surface area contributed by atoms with Gasteiger partial charge in [-0.3, -0.25) is 19.1 Å². The Labute approximate surface area is 117 Å². The van der Waals surface area contributed by atoms with E-state index in [0.717, 1.165) is 6.07 Å². The second-order valence-electron chi connectivity index (χ2n) is 3.94. The monoisotopic (exact) mass is 304 g/mol. The van der Waals surface area contributed by atoms with E-state index in [9.17, 15) is 19.1 Å². The van der Waals surface area contributed by atoms with Crippen LogP contribution in [-0.2, 0) is 10.8 Å². The highest BCUT2D eigenvalue weighted by atomic mass is 35.5. The third-order valence-electron chi connectivity index (χ3n) is 2.52. The number of non-ortho nitro benzene ring substituents is 1. The van der Waals surface area contributed by atoms with Gasteiger partial charge in [0.2, 0.25) is 0 Å². The first-order valence-corrected chi connectivity index (χ1v) is 7.37. The third kappa shape index (κ3) is 4.29. The van der Waals surface area contributed by atoms with Crippen LogP contribution in [0, 0.1) is 10.1 Å². The first-order chi connectivity index (χ1) is 8.82. The summed E-state index contributed by atoms with van der Waals surface area (Å²) in [6, 6.07) is 3.64. The van der Waals surface area contributed by atoms with E-state index in [0.29, 0.717) is 0 Å². The Hall–Kier alpha value is -1.47. The summed E-state index contributed by atoms with van der Waals surface area (Å²) in [4.78, 5) is 21.9. The molecule has 0 saturated carbocycles. The van der Waals surface area contributed by atoms with Gasteiger partial charge in [-0.25, -0.2) is 0 Å². The number of amides is 1. The summed E-state index contributed by atoms with van der Waals surface area (Å²) in [6.45, 7) is 1.94. The van der Waals surface area contributed by atoms with Crippen molar-refractivity contribution in [3.8, 4) is 0 Å². The van der Waals surface area contributed by atoms with E-state index in [1.165, 1.54) is 18.4 Å². The van der Waals surface area contributed by atoms with Crippen LogP contribution >= 0.6 is 11.6 Å². The molecule has 1 amide bonds. The number of carbonyl (C=O) groups excluding carboxylic acids is 1. The van der Waals surface area contributed by atoms with Crippen molar-refractivity contribution >= 4 is 34.0 Å². The smallest absolute Gasteiger partial charge is 0.270 e. The van der Waals surface area contributed by atoms with Crippen LogP contribution in [0.1, 0.15) is 17.3 Å². The zero-order valence-corrected chi connectivity index (χ0v) is 12.0. The van der Waals surface area contributed by atoms with Gasteiger partial charge in [-0.15, -0.1) is 0 Å². The summed E-state index contributed by atoms with van der Waals surface area (Å²) in [5, 5.41) is 13.1. The molecule has 8 heteroatoms. The maximum Gasteiger partial charge on any atom is 0.270 e. The minimum Gasteiger partial charge on any atom is -0.351 e. The van der Waals surface area contributed by atoms with Crippen LogP contribution in [-0.4, -0.2) is 33.1 Å². The molecule has 0 radical (unpaired) electrons. The molecule has 1 rings (SSSR count). The third-order valence-corrected chi connectivity index (χ3v) is 4.15. The molecule has 0 aromatic heterocycles. The average molecular weight is 305 g/mol. The predicted octanol–water partition coefficient (Wildman–Crippen LogP) is 1.75. The molecule has 0 aliphatic carbocycles. The summed E-state index contributed by atoms with van der Waals surface area (Å²) in [5.74, 6) is -0.522. The fourth-order valence-electron chi connectivity index (χ4n) is 1.25. The van der Waals surface area contributed by atoms with Crippen molar-refractivity contribution in [3.05, 3.63) is 38.9 Å². The standard InChI is InChI=1S/C11H13ClN2O4S/c1-7(19(2)18)6-13-11(15)9-5-8(14(16)17)3-4-10(9)12/h3-5,7H,6H2,1-2H3,(H,13,15). The SMILES string of the molecule is CC(CNC(=O)c1cc([N+](=O)[O-])ccc1Cl)S(C)=O. The van der Waals surface area contributed by atoms with Gasteiger partial charge in [0, 0.05) is 41.0 Å². The van der Waals surface area contributed by atoms with E-state index in [1.54, 1.807) is 6.92 Å². The highest BCUT2D eigenvalue weighted by molar-refractivity contribution is 7.84. The van der Waals surface area contributed by atoms with Crippen LogP contribution in [0.5, 0.6) is 0 Å². The number of nitrogens with one attached hydrogen (secondary N) is 1. The lowest BCUT2D eigenvalue weighted by atomic mass is 10.2. The molecular formula is C11H13ClN2O4S. The van der Waals surface area contributed by atoms with Gasteiger partial charge in [0.1, 0.15) is 0 Å². The summed E-state index contributed by atoms with van der Waals surface area (Å²) in [7, 11) is -1.06. The topological polar surface area (TPSA) is 89.3 Å². The number of carbonyl (C=O) groups is 1. The fraction of sp³-hybridized carbons (Fsp3) is 0.364. The van der Waals surface area contributed by atoms with Crippen molar-refractivity contribution in [1.29, 1.82) is 0 Å². The lowest BCUT2D eigenvalue weighted by molar-refractivity contribution is -0.384. The van der Waals surface area contributed by atoms with Crippen LogP contribution in [0.3, 0.4) is 0 Å². The highest BCUT2D eigenvalue weighted by Gasteiger charge is 2.16. The Kier molecular flexibility index (Phi) is 5.44. The first-order valence-electron chi connectivity index (χ1n) is 5.37. The first kappa shape index (κ1) is 15.6. The lowest BCUT2D eigenvalue weighted by Gasteiger charge is -2.10. The van der Waals surface area contributed by atoms with E-state index in [-0.39, 0.29) is 28.1 Å². The highest BCUT2D eigenvalue weighted by Crippen LogP contribution is 2.21. The Morgan fingerprint density at radius 2 is 2.21 bits per heavy atom. The number of nitrogens with zero attached hydrogens (tertiary/aromatic N) is 1. The van der Waals surface area contributed by atoms with Crippen molar-refractivity contribution in [2.45, 2.75) is 12.2 Å². The summed E-state index contributed by atoms with van der Waals surface area (Å²) in [6.07, 6.45) is 1.54. The van der Waals surface area contributed by atoms with Gasteiger partial charge in [0.05, 0.1) is 15.5 Å². The van der Waals surface area contributed by atoms with Crippen LogP contribution < -0.4 is 5.32 Å². The molecule has 2 unspecified atom stereocenters. The molecule has 104 valence electrons. The molecule has 1 aromatic carbocycles. The molecule has 2 atom stereocenters. The maximum atomic E-state index is 11.9. The second kappa shape index (κ2) is 6.63. The molecule has 0 spiro atoms. The van der Waals surface area contributed by atoms with E-state index in [2.05, 4.69) is 5.32 Å². The minimum atomic E-state index is -1.06. The molecule has 0 bridgehead atoms. The van der Waals surface area contributed by atoms with Crippen molar-refractivity contribution in [1.82, 2.24) is 5.32 Å². The van der Waals surface area contributed by atoms with Crippen LogP contribution in [0.4, 0.5) is 5.69 Å². The van der Waals surface area contributed by atoms with E-state index < -0.39 is 21.6 Å². The lowest BCUT2D eigenvalue weighted by Crippen LogP contribution is -2.32. The Bertz CT molecular complexity index is 535. The predicted molar refractivity (Wildman–Crippen MR) is 74.0 cm³/mol. The average Bonchev–Trinajstić information content (AvgIpc) is 2.35. The van der Waals surface area contributed by atoms with Crippen molar-refractivity contribution < 1.29 is 13.9 Å². The van der Waals surface area contributed by atoms with Crippen LogP contribution in [0.2, 0.25) is 5.02 Å². The molecule has 0 heterocycles. The van der Waals surface area contributed by atoms with E-state index in [1.807, 2.05) is 0 Å². The van der Waals surface area contributed by atoms with Crippen molar-refractivity contribution in [3.63, 3.8) is 0 Å². The van der Waals surface area contributed by atoms with Crippen LogP contribution in [0.15, 0.2) is 18.2 Å². The van der Waals surface area contributed by atoms with Gasteiger partial charge in [0.15, 0.2) is 0 Å². The molecule has 0 fully saturated rings. The van der Waals surface area contributed by atoms with Gasteiger partial charge in [0.25, 0.3) is 11.6 Å². The van der Waals surface area contributed by atoms with Gasteiger partial charge < -0.3 is 5.32 Å². The quantitative estimate of drug-likeness (QED) is 0.663. The minimum absolute atomic E-state index is 0.0324. The molecule has 0 aliphatic rings. The number of nitro benzene ring substituents is 1. The Morgan fingerprint density at radius 1 is 1.58 bits per heavy atom. The molecule has 0 saturated heterocycles. The molecule has 19 heavy (non-hydrogen) atoms. The number of hydrogen-bond donors (Lipinski definition) is 1. The summed E-state index contributed by atoms with van der Waals surface area (Å²) < 4.78 is 11.1. The fourth-order valence-corrected chi connectivity index (χ4v) is 1.77. The number of benzene rings is 1. The van der Waals surface area contributed by atoms with Gasteiger partial charge in [-0.05, 0) is 13.0 Å². The van der Waals surface area contributed by atoms with Gasteiger partial charge in [-0.1, -0.05) is 11.6 Å². The number of hydrogen-bond acceptors (Lipinski definition) is 4. The summed E-state index contributed by atoms with van der Waals surface area (Å²) in [5.41, 5.74) is -0.174. The van der Waals surface area contributed by atoms with Gasteiger partial charge in [-0.2, -0.15) is 0 Å². The molecular weight excluding hydrogens is 292 g/mol. The number of halogens is 1. The largest absolute Gasteiger partial charge is 0.351 e. The van der Waals surface area contributed by atoms with Crippen LogP contribution in [0.25, 0.3) is 0 Å². The van der Waals surface area contributed by atoms with Crippen molar-refractivity contribution in [2.24, 2.45) is 0 Å². The van der Waals surface area contributed by atoms with E-state index >= 15 is 0 Å². The normalized spacial score (nSPS) is 13.6.